The molecule has 0 bridgehead atoms. The number of nitrogens with zero attached hydrogens (tertiary/aromatic N) is 3. The van der Waals surface area contributed by atoms with Crippen molar-refractivity contribution in [3.8, 4) is 11.4 Å². The van der Waals surface area contributed by atoms with Crippen molar-refractivity contribution in [3.63, 3.8) is 0 Å². The molecular weight excluding hydrogens is 422 g/mol. The number of benzene rings is 4. The minimum Gasteiger partial charge on any atom is -0.508 e. The molecule has 1 fully saturated rings. The largest absolute Gasteiger partial charge is 0.508 e. The summed E-state index contributed by atoms with van der Waals surface area (Å²) in [6.45, 7) is 1.57. The van der Waals surface area contributed by atoms with Gasteiger partial charge >= 0.3 is 0 Å². The van der Waals surface area contributed by atoms with E-state index in [1.54, 1.807) is 12.1 Å². The van der Waals surface area contributed by atoms with Crippen molar-refractivity contribution in [1.82, 2.24) is 4.57 Å². The average molecular weight is 448 g/mol. The summed E-state index contributed by atoms with van der Waals surface area (Å²) in [5.41, 5.74) is 5.36. The first-order valence-electron chi connectivity index (χ1n) is 11.6. The first-order chi connectivity index (χ1) is 16.8. The smallest absolute Gasteiger partial charge is 0.115 e. The lowest BCUT2D eigenvalue weighted by Gasteiger charge is -2.31. The summed E-state index contributed by atoms with van der Waals surface area (Å²) in [5, 5.41) is 19.0. The Labute approximate surface area is 198 Å². The molecule has 1 saturated heterocycles. The predicted molar refractivity (Wildman–Crippen MR) is 138 cm³/mol. The number of aromatic hydroxyl groups is 1. The van der Waals surface area contributed by atoms with Gasteiger partial charge < -0.3 is 14.4 Å². The summed E-state index contributed by atoms with van der Waals surface area (Å²) in [5.74, 6) is 0.262. The van der Waals surface area contributed by atoms with Crippen LogP contribution in [0, 0.1) is 0 Å². The minimum atomic E-state index is 0.225. The number of aromatic nitrogens is 1. The second kappa shape index (κ2) is 8.69. The number of phenolic OH excluding ortho intramolecular Hbond substituents is 1. The van der Waals surface area contributed by atoms with Gasteiger partial charge in [-0.25, -0.2) is 0 Å². The summed E-state index contributed by atoms with van der Waals surface area (Å²) in [4.78, 5) is 0. The molecule has 0 amide bonds. The van der Waals surface area contributed by atoms with E-state index >= 15 is 0 Å². The van der Waals surface area contributed by atoms with Gasteiger partial charge in [0.25, 0.3) is 0 Å². The van der Waals surface area contributed by atoms with Crippen LogP contribution in [0.1, 0.15) is 12.0 Å². The Balaban J connectivity index is 1.40. The van der Waals surface area contributed by atoms with Crippen LogP contribution in [0.3, 0.4) is 0 Å². The van der Waals surface area contributed by atoms with E-state index in [-0.39, 0.29) is 11.9 Å². The Morgan fingerprint density at radius 2 is 1.62 bits per heavy atom. The van der Waals surface area contributed by atoms with E-state index in [9.17, 15) is 5.11 Å². The molecule has 5 aromatic rings. The molecule has 5 heteroatoms. The van der Waals surface area contributed by atoms with Gasteiger partial charge in [0.05, 0.1) is 35.6 Å². The maximum Gasteiger partial charge on any atom is 0.115 e. The van der Waals surface area contributed by atoms with Crippen LogP contribution in [0.4, 0.5) is 5.69 Å². The molecular formula is C29H25N3O2. The highest BCUT2D eigenvalue weighted by molar-refractivity contribution is 6.10. The molecule has 4 aromatic carbocycles. The predicted octanol–water partition coefficient (Wildman–Crippen LogP) is 6.12. The maximum absolute atomic E-state index is 9.74. The van der Waals surface area contributed by atoms with Crippen molar-refractivity contribution >= 4 is 33.7 Å². The second-order valence-corrected chi connectivity index (χ2v) is 8.59. The van der Waals surface area contributed by atoms with Gasteiger partial charge in [-0.2, -0.15) is 5.10 Å². The van der Waals surface area contributed by atoms with Crippen LogP contribution in [0.2, 0.25) is 0 Å². The van der Waals surface area contributed by atoms with Gasteiger partial charge in [-0.05, 0) is 66.6 Å². The highest BCUT2D eigenvalue weighted by Crippen LogP contribution is 2.33. The molecule has 0 radical (unpaired) electrons. The number of rotatable bonds is 6. The Kier molecular flexibility index (Phi) is 5.24. The first kappa shape index (κ1) is 20.5. The molecule has 0 saturated carbocycles. The standard InChI is InChI=1S/C29H25N3O2/c33-24-13-11-23(12-14-24)32-28-9-5-4-8-26(28)27-18-21(10-15-29(27)32)19-30-31(20-25-16-17-34-25)22-6-2-1-3-7-22/h1-15,18-19,25,33H,16-17,20H2/b30-19+. The molecule has 0 spiro atoms. The van der Waals surface area contributed by atoms with E-state index in [0.29, 0.717) is 0 Å². The molecule has 2 heterocycles. The highest BCUT2D eigenvalue weighted by Gasteiger charge is 2.21. The van der Waals surface area contributed by atoms with Crippen LogP contribution in [0.15, 0.2) is 102 Å². The van der Waals surface area contributed by atoms with Gasteiger partial charge in [0.2, 0.25) is 0 Å². The van der Waals surface area contributed by atoms with Gasteiger partial charge in [0.15, 0.2) is 0 Å². The fraction of sp³-hybridized carbons (Fsp3) is 0.138. The van der Waals surface area contributed by atoms with Gasteiger partial charge in [-0.15, -0.1) is 0 Å². The Morgan fingerprint density at radius 3 is 2.38 bits per heavy atom. The number of fused-ring (bicyclic) bond motifs is 3. The number of anilines is 1. The third-order valence-corrected chi connectivity index (χ3v) is 6.37. The summed E-state index contributed by atoms with van der Waals surface area (Å²) >= 11 is 0. The van der Waals surface area contributed by atoms with E-state index in [2.05, 4.69) is 59.2 Å². The van der Waals surface area contributed by atoms with Crippen molar-refractivity contribution in [2.45, 2.75) is 12.5 Å². The minimum absolute atomic E-state index is 0.225. The van der Waals surface area contributed by atoms with Gasteiger partial charge in [-0.3, -0.25) is 5.01 Å². The zero-order chi connectivity index (χ0) is 22.9. The van der Waals surface area contributed by atoms with Crippen molar-refractivity contribution < 1.29 is 9.84 Å². The third kappa shape index (κ3) is 3.80. The molecule has 168 valence electrons. The molecule has 6 rings (SSSR count). The van der Waals surface area contributed by atoms with Crippen LogP contribution in [0.5, 0.6) is 5.75 Å². The zero-order valence-corrected chi connectivity index (χ0v) is 18.7. The monoisotopic (exact) mass is 447 g/mol. The molecule has 34 heavy (non-hydrogen) atoms. The van der Waals surface area contributed by atoms with Gasteiger partial charge in [0.1, 0.15) is 5.75 Å². The SMILES string of the molecule is Oc1ccc(-n2c3ccccc3c3cc(/C=N/N(CC4CCO4)c4ccccc4)ccc32)cc1. The van der Waals surface area contributed by atoms with Crippen LogP contribution in [-0.4, -0.2) is 35.1 Å². The summed E-state index contributed by atoms with van der Waals surface area (Å²) in [6.07, 6.45) is 3.22. The number of hydrogen-bond donors (Lipinski definition) is 1. The molecule has 1 N–H and O–H groups in total. The fourth-order valence-corrected chi connectivity index (χ4v) is 4.53. The Bertz CT molecular complexity index is 1470. The Morgan fingerprint density at radius 1 is 0.882 bits per heavy atom. The molecule has 1 aromatic heterocycles. The van der Waals surface area contributed by atoms with Crippen LogP contribution < -0.4 is 5.01 Å². The highest BCUT2D eigenvalue weighted by atomic mass is 16.5. The molecule has 1 atom stereocenters. The first-order valence-corrected chi connectivity index (χ1v) is 11.6. The van der Waals surface area contributed by atoms with Crippen molar-refractivity contribution in [1.29, 1.82) is 0 Å². The van der Waals surface area contributed by atoms with Crippen LogP contribution in [-0.2, 0) is 4.74 Å². The molecule has 1 aliphatic rings. The van der Waals surface area contributed by atoms with E-state index in [4.69, 9.17) is 9.84 Å². The average Bonchev–Trinajstić information content (AvgIpc) is 3.18. The molecule has 5 nitrogen and oxygen atoms in total. The fourth-order valence-electron chi connectivity index (χ4n) is 4.53. The van der Waals surface area contributed by atoms with Gasteiger partial charge in [-0.1, -0.05) is 42.5 Å². The quantitative estimate of drug-likeness (QED) is 0.252. The molecule has 1 unspecified atom stereocenters. The van der Waals surface area contributed by atoms with E-state index in [0.717, 1.165) is 47.5 Å². The zero-order valence-electron chi connectivity index (χ0n) is 18.7. The molecule has 1 aliphatic heterocycles. The molecule has 0 aliphatic carbocycles. The van der Waals surface area contributed by atoms with E-state index in [1.807, 2.05) is 41.6 Å². The number of hydrazone groups is 1. The van der Waals surface area contributed by atoms with Crippen molar-refractivity contribution in [3.05, 3.63) is 103 Å². The normalized spacial score (nSPS) is 15.7. The van der Waals surface area contributed by atoms with Gasteiger partial charge in [0, 0.05) is 23.1 Å². The lowest BCUT2D eigenvalue weighted by atomic mass is 10.1. The summed E-state index contributed by atoms with van der Waals surface area (Å²) in [7, 11) is 0. The van der Waals surface area contributed by atoms with Crippen LogP contribution in [0.25, 0.3) is 27.5 Å². The number of phenols is 1. The van der Waals surface area contributed by atoms with E-state index < -0.39 is 0 Å². The lowest BCUT2D eigenvalue weighted by Crippen LogP contribution is -2.37. The summed E-state index contributed by atoms with van der Waals surface area (Å²) < 4.78 is 7.89. The number of para-hydroxylation sites is 2. The van der Waals surface area contributed by atoms with Crippen molar-refractivity contribution in [2.24, 2.45) is 5.10 Å². The lowest BCUT2D eigenvalue weighted by molar-refractivity contribution is -0.0444. The topological polar surface area (TPSA) is 50.0 Å². The number of ether oxygens (including phenoxy) is 1. The van der Waals surface area contributed by atoms with Crippen molar-refractivity contribution in [2.75, 3.05) is 18.2 Å². The second-order valence-electron chi connectivity index (χ2n) is 8.59. The van der Waals surface area contributed by atoms with Crippen LogP contribution >= 0.6 is 0 Å². The Hall–Kier alpha value is -4.09. The third-order valence-electron chi connectivity index (χ3n) is 6.37. The summed E-state index contributed by atoms with van der Waals surface area (Å²) in [6, 6.07) is 32.4. The number of hydrogen-bond acceptors (Lipinski definition) is 4. The van der Waals surface area contributed by atoms with E-state index in [1.165, 1.54) is 10.8 Å². The maximum atomic E-state index is 9.74.